The molecule has 2 aliphatic rings. The zero-order chi connectivity index (χ0) is 13.8. The number of esters is 1. The predicted octanol–water partition coefficient (Wildman–Crippen LogP) is 3.21. The van der Waals surface area contributed by atoms with Crippen molar-refractivity contribution in [2.45, 2.75) is 57.6 Å². The van der Waals surface area contributed by atoms with Crippen LogP contribution in [0.1, 0.15) is 60.0 Å². The summed E-state index contributed by atoms with van der Waals surface area (Å²) in [7, 11) is 0. The second kappa shape index (κ2) is 6.40. The van der Waals surface area contributed by atoms with Crippen molar-refractivity contribution < 1.29 is 9.53 Å². The third kappa shape index (κ3) is 3.21. The molecule has 0 aromatic heterocycles. The number of benzene rings is 1. The Morgan fingerprint density at radius 1 is 1.10 bits per heavy atom. The fraction of sp³-hybridized carbons (Fsp3) is 0.588. The van der Waals surface area contributed by atoms with Crippen LogP contribution in [0.5, 0.6) is 0 Å². The molecule has 108 valence electrons. The van der Waals surface area contributed by atoms with E-state index in [9.17, 15) is 4.79 Å². The van der Waals surface area contributed by atoms with E-state index in [2.05, 4.69) is 11.4 Å². The summed E-state index contributed by atoms with van der Waals surface area (Å²) in [6.07, 6.45) is 8.15. The lowest BCUT2D eigenvalue weighted by molar-refractivity contribution is 0.0267. The molecule has 1 aromatic rings. The molecular weight excluding hydrogens is 250 g/mol. The smallest absolute Gasteiger partial charge is 0.338 e. The minimum absolute atomic E-state index is 0.124. The average Bonchev–Trinajstić information content (AvgIpc) is 2.75. The molecule has 1 heterocycles. The van der Waals surface area contributed by atoms with Crippen molar-refractivity contribution in [3.63, 3.8) is 0 Å². The van der Waals surface area contributed by atoms with Gasteiger partial charge in [-0.25, -0.2) is 4.79 Å². The van der Waals surface area contributed by atoms with Crippen LogP contribution in [0.3, 0.4) is 0 Å². The van der Waals surface area contributed by atoms with Crippen molar-refractivity contribution in [3.05, 3.63) is 34.9 Å². The quantitative estimate of drug-likeness (QED) is 0.664. The summed E-state index contributed by atoms with van der Waals surface area (Å²) in [5, 5.41) is 3.34. The van der Waals surface area contributed by atoms with Gasteiger partial charge in [-0.1, -0.05) is 18.9 Å². The van der Waals surface area contributed by atoms with Gasteiger partial charge in [-0.15, -0.1) is 0 Å². The molecule has 0 bridgehead atoms. The highest BCUT2D eigenvalue weighted by Gasteiger charge is 2.19. The number of fused-ring (bicyclic) bond motifs is 1. The lowest BCUT2D eigenvalue weighted by atomic mass is 9.98. The molecule has 1 aliphatic heterocycles. The van der Waals surface area contributed by atoms with Crippen molar-refractivity contribution in [2.75, 3.05) is 6.54 Å². The van der Waals surface area contributed by atoms with Gasteiger partial charge >= 0.3 is 5.97 Å². The van der Waals surface area contributed by atoms with Crippen LogP contribution in [0.2, 0.25) is 0 Å². The van der Waals surface area contributed by atoms with Crippen molar-refractivity contribution in [3.8, 4) is 0 Å². The molecule has 3 nitrogen and oxygen atoms in total. The number of nitrogens with one attached hydrogen (secondary N) is 1. The number of carbonyl (C=O) groups excluding carboxylic acids is 1. The summed E-state index contributed by atoms with van der Waals surface area (Å²) in [5.41, 5.74) is 3.30. The van der Waals surface area contributed by atoms with Gasteiger partial charge in [0, 0.05) is 6.54 Å². The number of hydrogen-bond donors (Lipinski definition) is 1. The Labute approximate surface area is 120 Å². The first kappa shape index (κ1) is 13.6. The van der Waals surface area contributed by atoms with Gasteiger partial charge in [-0.05, 0) is 61.9 Å². The summed E-state index contributed by atoms with van der Waals surface area (Å²) in [6, 6.07) is 6.00. The minimum Gasteiger partial charge on any atom is -0.459 e. The van der Waals surface area contributed by atoms with Crippen LogP contribution >= 0.6 is 0 Å². The first-order chi connectivity index (χ1) is 9.83. The Morgan fingerprint density at radius 2 is 1.90 bits per heavy atom. The van der Waals surface area contributed by atoms with Crippen LogP contribution in [-0.2, 0) is 17.7 Å². The van der Waals surface area contributed by atoms with Gasteiger partial charge in [0.05, 0.1) is 5.56 Å². The van der Waals surface area contributed by atoms with E-state index in [1.165, 1.54) is 36.8 Å². The molecule has 20 heavy (non-hydrogen) atoms. The first-order valence-corrected chi connectivity index (χ1v) is 7.86. The van der Waals surface area contributed by atoms with E-state index in [-0.39, 0.29) is 12.1 Å². The van der Waals surface area contributed by atoms with E-state index < -0.39 is 0 Å². The Hall–Kier alpha value is -1.35. The fourth-order valence-corrected chi connectivity index (χ4v) is 3.19. The summed E-state index contributed by atoms with van der Waals surface area (Å²) in [4.78, 5) is 12.3. The highest BCUT2D eigenvalue weighted by molar-refractivity contribution is 5.89. The van der Waals surface area contributed by atoms with Crippen molar-refractivity contribution in [1.82, 2.24) is 5.32 Å². The molecule has 0 radical (unpaired) electrons. The molecule has 1 N–H and O–H groups in total. The van der Waals surface area contributed by atoms with Gasteiger partial charge in [0.2, 0.25) is 0 Å². The summed E-state index contributed by atoms with van der Waals surface area (Å²) in [6.45, 7) is 1.89. The molecule has 3 heteroatoms. The zero-order valence-electron chi connectivity index (χ0n) is 12.0. The second-order valence-electron chi connectivity index (χ2n) is 5.93. The Bertz CT molecular complexity index is 476. The van der Waals surface area contributed by atoms with Crippen LogP contribution < -0.4 is 5.32 Å². The molecule has 3 rings (SSSR count). The average molecular weight is 273 g/mol. The van der Waals surface area contributed by atoms with E-state index in [1.807, 2.05) is 12.1 Å². The monoisotopic (exact) mass is 273 g/mol. The largest absolute Gasteiger partial charge is 0.459 e. The SMILES string of the molecule is O=C(OC1CCCCCC1)c1ccc2c(c1)CNCC2. The van der Waals surface area contributed by atoms with Crippen LogP contribution in [0.25, 0.3) is 0 Å². The van der Waals surface area contributed by atoms with E-state index in [0.29, 0.717) is 5.56 Å². The van der Waals surface area contributed by atoms with Gasteiger partial charge in [-0.3, -0.25) is 0 Å². The van der Waals surface area contributed by atoms with E-state index in [0.717, 1.165) is 32.4 Å². The first-order valence-electron chi connectivity index (χ1n) is 7.86. The van der Waals surface area contributed by atoms with Crippen LogP contribution in [0.15, 0.2) is 18.2 Å². The third-order valence-electron chi connectivity index (χ3n) is 4.40. The number of ether oxygens (including phenoxy) is 1. The van der Waals surface area contributed by atoms with Gasteiger partial charge in [0.15, 0.2) is 0 Å². The number of hydrogen-bond acceptors (Lipinski definition) is 3. The van der Waals surface area contributed by atoms with Gasteiger partial charge < -0.3 is 10.1 Å². The van der Waals surface area contributed by atoms with E-state index in [4.69, 9.17) is 4.74 Å². The molecule has 1 aliphatic carbocycles. The highest BCUT2D eigenvalue weighted by Crippen LogP contribution is 2.22. The van der Waals surface area contributed by atoms with Crippen LogP contribution in [-0.4, -0.2) is 18.6 Å². The molecule has 0 unspecified atom stereocenters. The lowest BCUT2D eigenvalue weighted by Crippen LogP contribution is -2.24. The molecule has 1 fully saturated rings. The number of carbonyl (C=O) groups is 1. The fourth-order valence-electron chi connectivity index (χ4n) is 3.19. The maximum Gasteiger partial charge on any atom is 0.338 e. The molecule has 0 amide bonds. The third-order valence-corrected chi connectivity index (χ3v) is 4.40. The maximum atomic E-state index is 12.3. The molecule has 0 saturated heterocycles. The molecule has 0 spiro atoms. The normalized spacial score (nSPS) is 20.0. The van der Waals surface area contributed by atoms with Gasteiger partial charge in [0.25, 0.3) is 0 Å². The Morgan fingerprint density at radius 3 is 2.70 bits per heavy atom. The minimum atomic E-state index is -0.148. The van der Waals surface area contributed by atoms with Gasteiger partial charge in [0.1, 0.15) is 6.10 Å². The van der Waals surface area contributed by atoms with Gasteiger partial charge in [-0.2, -0.15) is 0 Å². The summed E-state index contributed by atoms with van der Waals surface area (Å²) < 4.78 is 5.69. The van der Waals surface area contributed by atoms with Crippen molar-refractivity contribution >= 4 is 5.97 Å². The van der Waals surface area contributed by atoms with E-state index in [1.54, 1.807) is 0 Å². The molecule has 1 saturated carbocycles. The Balaban J connectivity index is 1.67. The molecule has 0 atom stereocenters. The Kier molecular flexibility index (Phi) is 4.36. The second-order valence-corrected chi connectivity index (χ2v) is 5.93. The van der Waals surface area contributed by atoms with Crippen molar-refractivity contribution in [1.29, 1.82) is 0 Å². The zero-order valence-corrected chi connectivity index (χ0v) is 12.0. The van der Waals surface area contributed by atoms with E-state index >= 15 is 0 Å². The maximum absolute atomic E-state index is 12.3. The van der Waals surface area contributed by atoms with Crippen molar-refractivity contribution in [2.24, 2.45) is 0 Å². The highest BCUT2D eigenvalue weighted by atomic mass is 16.5. The van der Waals surface area contributed by atoms with Crippen LogP contribution in [0, 0.1) is 0 Å². The summed E-state index contributed by atoms with van der Waals surface area (Å²) in [5.74, 6) is -0.148. The summed E-state index contributed by atoms with van der Waals surface area (Å²) >= 11 is 0. The molecule has 1 aromatic carbocycles. The lowest BCUT2D eigenvalue weighted by Gasteiger charge is -2.19. The molecular formula is C17H23NO2. The standard InChI is InChI=1S/C17H23NO2/c19-17(20-16-5-3-1-2-4-6-16)14-8-7-13-9-10-18-12-15(13)11-14/h7-8,11,16,18H,1-6,9-10,12H2. The van der Waals surface area contributed by atoms with Crippen LogP contribution in [0.4, 0.5) is 0 Å². The topological polar surface area (TPSA) is 38.3 Å². The predicted molar refractivity (Wildman–Crippen MR) is 78.8 cm³/mol. The number of rotatable bonds is 2.